The van der Waals surface area contributed by atoms with E-state index in [9.17, 15) is 19.5 Å². The summed E-state index contributed by atoms with van der Waals surface area (Å²) < 4.78 is 0. The van der Waals surface area contributed by atoms with E-state index in [1.54, 1.807) is 13.1 Å². The van der Waals surface area contributed by atoms with E-state index in [1.807, 2.05) is 24.3 Å². The second-order valence-electron chi connectivity index (χ2n) is 13.7. The Morgan fingerprint density at radius 3 is 2.69 bits per heavy atom. The summed E-state index contributed by atoms with van der Waals surface area (Å²) in [7, 11) is 0. The molecule has 0 bridgehead atoms. The van der Waals surface area contributed by atoms with Crippen molar-refractivity contribution in [3.63, 3.8) is 0 Å². The number of nitrogens with zero attached hydrogens (tertiary/aromatic N) is 1. The van der Waals surface area contributed by atoms with Crippen molar-refractivity contribution in [3.8, 4) is 0 Å². The number of allylic oxidation sites excluding steroid dienone is 2. The molecule has 0 spiro atoms. The molecule has 8 nitrogen and oxygen atoms in total. The Morgan fingerprint density at radius 1 is 1.10 bits per heavy atom. The number of ketones is 1. The van der Waals surface area contributed by atoms with Crippen LogP contribution in [0.15, 0.2) is 47.3 Å². The summed E-state index contributed by atoms with van der Waals surface area (Å²) in [6, 6.07) is 6.61. The molecule has 1 aromatic carbocycles. The number of hydrogen-bond donors (Lipinski definition) is 3. The summed E-state index contributed by atoms with van der Waals surface area (Å²) in [5.74, 6) is 0.967. The van der Waals surface area contributed by atoms with Gasteiger partial charge in [-0.15, -0.1) is 0 Å². The predicted molar refractivity (Wildman–Crippen MR) is 161 cm³/mol. The summed E-state index contributed by atoms with van der Waals surface area (Å²) in [6.07, 6.45) is 12.7. The van der Waals surface area contributed by atoms with Gasteiger partial charge in [-0.3, -0.25) is 9.59 Å². The molecule has 8 heteroatoms. The molecule has 42 heavy (non-hydrogen) atoms. The second kappa shape index (κ2) is 11.0. The van der Waals surface area contributed by atoms with Gasteiger partial charge in [0.05, 0.1) is 5.71 Å². The van der Waals surface area contributed by atoms with Crippen LogP contribution in [-0.4, -0.2) is 46.1 Å². The molecule has 0 saturated heterocycles. The second-order valence-corrected chi connectivity index (χ2v) is 13.7. The van der Waals surface area contributed by atoms with Crippen molar-refractivity contribution in [2.45, 2.75) is 84.6 Å². The number of aliphatic carboxylic acids is 1. The lowest BCUT2D eigenvalue weighted by atomic mass is 9.46. The molecule has 1 heterocycles. The molecular formula is C34H43N3O5. The number of para-hydroxylation sites is 1. The largest absolute Gasteiger partial charge is 0.480 e. The lowest BCUT2D eigenvalue weighted by Gasteiger charge is -2.58. The first kappa shape index (κ1) is 28.7. The monoisotopic (exact) mass is 573 g/mol. The number of carbonyl (C=O) groups is 3. The average Bonchev–Trinajstić information content (AvgIpc) is 3.53. The molecule has 0 radical (unpaired) electrons. The van der Waals surface area contributed by atoms with Crippen molar-refractivity contribution < 1.29 is 24.3 Å². The van der Waals surface area contributed by atoms with E-state index >= 15 is 0 Å². The van der Waals surface area contributed by atoms with Crippen molar-refractivity contribution in [3.05, 3.63) is 47.7 Å². The van der Waals surface area contributed by atoms with Crippen LogP contribution in [0.5, 0.6) is 0 Å². The molecule has 7 atom stereocenters. The van der Waals surface area contributed by atoms with Gasteiger partial charge in [0, 0.05) is 29.4 Å². The Kier molecular flexibility index (Phi) is 7.52. The standard InChI is InChI=1S/C34H43N3O5/c1-20(38)26-10-11-27-25-9-8-22-17-23(12-14-33(22,2)28(25)13-15-34(26,27)3)37-42-19-31(39)36-30(32(40)41)16-21-18-35-29-7-5-4-6-24(21)29/h4-7,17-18,25-28,30,35H,8-16,19H2,1-3H3,(H,36,39)(H,40,41)/t25-,26-,27+,28+,30-,33-,34+/m0/s1. The van der Waals surface area contributed by atoms with Crippen molar-refractivity contribution >= 4 is 34.3 Å². The van der Waals surface area contributed by atoms with Crippen molar-refractivity contribution in [2.24, 2.45) is 39.7 Å². The van der Waals surface area contributed by atoms with E-state index in [-0.39, 0.29) is 29.8 Å². The van der Waals surface area contributed by atoms with Crippen LogP contribution in [0.1, 0.15) is 77.7 Å². The summed E-state index contributed by atoms with van der Waals surface area (Å²) in [6.45, 7) is 6.28. The minimum absolute atomic E-state index is 0.145. The van der Waals surface area contributed by atoms with Gasteiger partial charge in [0.2, 0.25) is 0 Å². The lowest BCUT2D eigenvalue weighted by molar-refractivity contribution is -0.142. The molecule has 2 aromatic rings. The highest BCUT2D eigenvalue weighted by Crippen LogP contribution is 2.66. The van der Waals surface area contributed by atoms with Crippen molar-refractivity contribution in [1.82, 2.24) is 10.3 Å². The van der Waals surface area contributed by atoms with E-state index in [0.717, 1.165) is 54.3 Å². The fourth-order valence-electron chi connectivity index (χ4n) is 9.44. The average molecular weight is 574 g/mol. The number of amides is 1. The number of fused-ring (bicyclic) bond motifs is 6. The van der Waals surface area contributed by atoms with Crippen LogP contribution in [0.3, 0.4) is 0 Å². The molecule has 4 aliphatic carbocycles. The number of hydrogen-bond acceptors (Lipinski definition) is 5. The number of rotatable bonds is 8. The zero-order chi connectivity index (χ0) is 29.6. The summed E-state index contributed by atoms with van der Waals surface area (Å²) in [5, 5.41) is 17.6. The molecule has 224 valence electrons. The molecular weight excluding hydrogens is 530 g/mol. The Morgan fingerprint density at radius 2 is 1.90 bits per heavy atom. The molecule has 0 unspecified atom stereocenters. The highest BCUT2D eigenvalue weighted by atomic mass is 16.6. The molecule has 0 aliphatic heterocycles. The number of nitrogens with one attached hydrogen (secondary N) is 2. The first-order valence-electron chi connectivity index (χ1n) is 15.6. The van der Waals surface area contributed by atoms with Crippen LogP contribution in [-0.2, 0) is 25.6 Å². The third-order valence-corrected chi connectivity index (χ3v) is 11.6. The summed E-state index contributed by atoms with van der Waals surface area (Å²) in [4.78, 5) is 45.5. The molecule has 1 amide bonds. The van der Waals surface area contributed by atoms with Crippen LogP contribution in [0.4, 0.5) is 0 Å². The molecule has 1 aromatic heterocycles. The molecule has 3 saturated carbocycles. The molecule has 6 rings (SSSR count). The third kappa shape index (κ3) is 4.96. The number of carbonyl (C=O) groups excluding carboxylic acids is 2. The van der Waals surface area contributed by atoms with Gasteiger partial charge >= 0.3 is 5.97 Å². The van der Waals surface area contributed by atoms with Gasteiger partial charge in [0.1, 0.15) is 11.8 Å². The van der Waals surface area contributed by atoms with Crippen LogP contribution >= 0.6 is 0 Å². The van der Waals surface area contributed by atoms with Crippen molar-refractivity contribution in [2.75, 3.05) is 6.61 Å². The summed E-state index contributed by atoms with van der Waals surface area (Å²) >= 11 is 0. The highest BCUT2D eigenvalue weighted by molar-refractivity contribution is 5.96. The highest BCUT2D eigenvalue weighted by Gasteiger charge is 2.59. The number of aromatic nitrogens is 1. The Balaban J connectivity index is 1.06. The SMILES string of the molecule is CC(=O)[C@@H]1CC[C@@H]2[C@@H]3CCC4=CC(=NOCC(=O)N[C@@H](Cc5c[nH]c6ccccc56)C(=O)O)CC[C@]4(C)[C@@H]3CC[C@@]21C. The van der Waals surface area contributed by atoms with Crippen LogP contribution < -0.4 is 5.32 Å². The van der Waals surface area contributed by atoms with Gasteiger partial charge in [-0.1, -0.05) is 42.8 Å². The van der Waals surface area contributed by atoms with Gasteiger partial charge in [0.15, 0.2) is 6.61 Å². The van der Waals surface area contributed by atoms with E-state index in [4.69, 9.17) is 4.84 Å². The maximum absolute atomic E-state index is 12.6. The van der Waals surface area contributed by atoms with E-state index < -0.39 is 17.9 Å². The molecule has 4 aliphatic rings. The first-order valence-corrected chi connectivity index (χ1v) is 15.6. The van der Waals surface area contributed by atoms with Gasteiger partial charge in [-0.05, 0) is 105 Å². The predicted octanol–water partition coefficient (Wildman–Crippen LogP) is 5.82. The van der Waals surface area contributed by atoms with Gasteiger partial charge in [-0.25, -0.2) is 4.79 Å². The minimum Gasteiger partial charge on any atom is -0.480 e. The van der Waals surface area contributed by atoms with Crippen LogP contribution in [0, 0.1) is 34.5 Å². The van der Waals surface area contributed by atoms with E-state index in [0.29, 0.717) is 23.5 Å². The van der Waals surface area contributed by atoms with E-state index in [1.165, 1.54) is 24.8 Å². The maximum Gasteiger partial charge on any atom is 0.326 e. The van der Waals surface area contributed by atoms with Gasteiger partial charge in [-0.2, -0.15) is 0 Å². The number of H-pyrrole nitrogens is 1. The molecule has 3 N–H and O–H groups in total. The zero-order valence-electron chi connectivity index (χ0n) is 24.9. The van der Waals surface area contributed by atoms with Crippen LogP contribution in [0.25, 0.3) is 10.9 Å². The quantitative estimate of drug-likeness (QED) is 0.344. The number of aromatic amines is 1. The van der Waals surface area contributed by atoms with Crippen molar-refractivity contribution in [1.29, 1.82) is 0 Å². The normalized spacial score (nSPS) is 33.7. The Labute approximate surface area is 247 Å². The lowest BCUT2D eigenvalue weighted by Crippen LogP contribution is -2.51. The number of oxime groups is 1. The third-order valence-electron chi connectivity index (χ3n) is 11.6. The van der Waals surface area contributed by atoms with Gasteiger partial charge in [0.25, 0.3) is 5.91 Å². The smallest absolute Gasteiger partial charge is 0.326 e. The fourth-order valence-corrected chi connectivity index (χ4v) is 9.44. The number of carboxylic acids is 1. The number of carboxylic acid groups (broad SMARTS) is 1. The maximum atomic E-state index is 12.6. The van der Waals surface area contributed by atoms with Crippen LogP contribution in [0.2, 0.25) is 0 Å². The fraction of sp³-hybridized carbons (Fsp3) is 0.588. The topological polar surface area (TPSA) is 121 Å². The summed E-state index contributed by atoms with van der Waals surface area (Å²) in [5.41, 5.74) is 4.36. The number of benzene rings is 1. The first-order chi connectivity index (χ1) is 20.1. The Hall–Kier alpha value is -3.42. The Bertz CT molecular complexity index is 1460. The minimum atomic E-state index is -1.09. The number of Topliss-reactive ketones (excluding diaryl/α,β-unsaturated/α-hetero) is 1. The molecule has 3 fully saturated rings. The zero-order valence-corrected chi connectivity index (χ0v) is 24.9. The van der Waals surface area contributed by atoms with E-state index in [2.05, 4.69) is 35.4 Å². The van der Waals surface area contributed by atoms with Gasteiger partial charge < -0.3 is 20.2 Å².